The lowest BCUT2D eigenvalue weighted by Gasteiger charge is -2.13. The number of aryl methyl sites for hydroxylation is 1. The second-order valence-corrected chi connectivity index (χ2v) is 4.06. The highest BCUT2D eigenvalue weighted by Gasteiger charge is 2.22. The maximum atomic E-state index is 11.6. The molecule has 1 aromatic rings. The van der Waals surface area contributed by atoms with Gasteiger partial charge in [-0.05, 0) is 13.3 Å². The van der Waals surface area contributed by atoms with Crippen molar-refractivity contribution < 1.29 is 14.4 Å². The van der Waals surface area contributed by atoms with Gasteiger partial charge in [-0.3, -0.25) is 15.0 Å². The Balaban J connectivity index is 1.80. The molecule has 1 amide bonds. The van der Waals surface area contributed by atoms with Crippen molar-refractivity contribution in [2.24, 2.45) is 0 Å². The van der Waals surface area contributed by atoms with Crippen molar-refractivity contribution in [1.29, 1.82) is 0 Å². The van der Waals surface area contributed by atoms with Crippen LogP contribution in [0, 0.1) is 6.92 Å². The molecule has 1 saturated heterocycles. The van der Waals surface area contributed by atoms with E-state index in [1.54, 1.807) is 13.0 Å². The summed E-state index contributed by atoms with van der Waals surface area (Å²) in [5, 5.41) is 15.6. The Morgan fingerprint density at radius 1 is 1.81 bits per heavy atom. The maximum Gasteiger partial charge on any atom is 0.240 e. The lowest BCUT2D eigenvalue weighted by atomic mass is 10.3. The number of rotatable bonds is 3. The molecular weight excluding hydrogens is 210 g/mol. The van der Waals surface area contributed by atoms with Crippen LogP contribution in [0.4, 0.5) is 5.88 Å². The zero-order chi connectivity index (χ0) is 11.5. The Morgan fingerprint density at radius 3 is 3.19 bits per heavy atom. The van der Waals surface area contributed by atoms with E-state index in [9.17, 15) is 9.90 Å². The van der Waals surface area contributed by atoms with Gasteiger partial charge in [0.15, 0.2) is 0 Å². The molecule has 6 nitrogen and oxygen atoms in total. The zero-order valence-corrected chi connectivity index (χ0v) is 9.14. The van der Waals surface area contributed by atoms with E-state index in [0.29, 0.717) is 12.4 Å². The van der Waals surface area contributed by atoms with E-state index >= 15 is 0 Å². The number of hydrogen-bond acceptors (Lipinski definition) is 5. The average Bonchev–Trinajstić information content (AvgIpc) is 2.76. The van der Waals surface area contributed by atoms with E-state index in [1.165, 1.54) is 0 Å². The fraction of sp³-hybridized carbons (Fsp3) is 0.600. The zero-order valence-electron chi connectivity index (χ0n) is 9.14. The number of likely N-dealkylation sites (tertiary alicyclic amines) is 1. The first-order valence-corrected chi connectivity index (χ1v) is 5.27. The SMILES string of the molecule is Cc1cc(NC(=O)CN2CC[C@@H](O)C2)on1. The van der Waals surface area contributed by atoms with E-state index in [0.717, 1.165) is 18.7 Å². The number of amides is 1. The lowest BCUT2D eigenvalue weighted by Crippen LogP contribution is -2.32. The van der Waals surface area contributed by atoms with Crippen molar-refractivity contribution in [2.75, 3.05) is 25.0 Å². The summed E-state index contributed by atoms with van der Waals surface area (Å²) in [6.45, 7) is 3.37. The summed E-state index contributed by atoms with van der Waals surface area (Å²) >= 11 is 0. The number of nitrogens with zero attached hydrogens (tertiary/aromatic N) is 2. The quantitative estimate of drug-likeness (QED) is 0.756. The summed E-state index contributed by atoms with van der Waals surface area (Å²) in [6.07, 6.45) is 0.426. The van der Waals surface area contributed by atoms with Crippen molar-refractivity contribution in [3.05, 3.63) is 11.8 Å². The summed E-state index contributed by atoms with van der Waals surface area (Å²) in [5.41, 5.74) is 0.729. The van der Waals surface area contributed by atoms with Gasteiger partial charge in [0.2, 0.25) is 11.8 Å². The van der Waals surface area contributed by atoms with Gasteiger partial charge in [-0.15, -0.1) is 0 Å². The van der Waals surface area contributed by atoms with Gasteiger partial charge in [0.1, 0.15) is 0 Å². The number of carbonyl (C=O) groups excluding carboxylic acids is 1. The summed E-state index contributed by atoms with van der Waals surface area (Å²) in [5.74, 6) is 0.215. The molecule has 1 aromatic heterocycles. The topological polar surface area (TPSA) is 78.6 Å². The Bertz CT molecular complexity index is 377. The fourth-order valence-electron chi connectivity index (χ4n) is 1.76. The number of β-amino-alcohol motifs (C(OH)–C–C–N with tert-alkyl or cyclic N) is 1. The van der Waals surface area contributed by atoms with E-state index in [4.69, 9.17) is 4.52 Å². The molecule has 1 atom stereocenters. The van der Waals surface area contributed by atoms with Gasteiger partial charge in [-0.2, -0.15) is 0 Å². The second kappa shape index (κ2) is 4.63. The monoisotopic (exact) mass is 225 g/mol. The molecule has 0 unspecified atom stereocenters. The minimum Gasteiger partial charge on any atom is -0.392 e. The number of carbonyl (C=O) groups is 1. The predicted molar refractivity (Wildman–Crippen MR) is 56.9 cm³/mol. The van der Waals surface area contributed by atoms with Crippen molar-refractivity contribution in [3.63, 3.8) is 0 Å². The van der Waals surface area contributed by atoms with Crippen LogP contribution in [0.5, 0.6) is 0 Å². The van der Waals surface area contributed by atoms with Crippen LogP contribution < -0.4 is 5.32 Å². The summed E-state index contributed by atoms with van der Waals surface area (Å²) in [6, 6.07) is 1.66. The number of aliphatic hydroxyl groups excluding tert-OH is 1. The van der Waals surface area contributed by atoms with Gasteiger partial charge in [0.25, 0.3) is 0 Å². The number of aromatic nitrogens is 1. The minimum atomic E-state index is -0.305. The highest BCUT2D eigenvalue weighted by Crippen LogP contribution is 2.10. The normalized spacial score (nSPS) is 21.2. The van der Waals surface area contributed by atoms with Gasteiger partial charge in [-0.1, -0.05) is 5.16 Å². The molecule has 2 rings (SSSR count). The first kappa shape index (κ1) is 11.1. The van der Waals surface area contributed by atoms with Crippen molar-refractivity contribution in [2.45, 2.75) is 19.4 Å². The largest absolute Gasteiger partial charge is 0.392 e. The maximum absolute atomic E-state index is 11.6. The Hall–Kier alpha value is -1.40. The number of anilines is 1. The second-order valence-electron chi connectivity index (χ2n) is 4.06. The molecule has 6 heteroatoms. The smallest absolute Gasteiger partial charge is 0.240 e. The Morgan fingerprint density at radius 2 is 2.62 bits per heavy atom. The first-order valence-electron chi connectivity index (χ1n) is 5.27. The minimum absolute atomic E-state index is 0.148. The molecule has 0 radical (unpaired) electrons. The average molecular weight is 225 g/mol. The highest BCUT2D eigenvalue weighted by molar-refractivity contribution is 5.90. The van der Waals surface area contributed by atoms with Gasteiger partial charge in [0.05, 0.1) is 18.3 Å². The Kier molecular flexibility index (Phi) is 3.21. The number of nitrogens with one attached hydrogen (secondary N) is 1. The van der Waals surface area contributed by atoms with Gasteiger partial charge >= 0.3 is 0 Å². The predicted octanol–water partition coefficient (Wildman–Crippen LogP) is -0.0119. The molecule has 2 N–H and O–H groups in total. The van der Waals surface area contributed by atoms with Crippen LogP contribution in [0.2, 0.25) is 0 Å². The molecule has 2 heterocycles. The molecule has 0 saturated carbocycles. The fourth-order valence-corrected chi connectivity index (χ4v) is 1.76. The van der Waals surface area contributed by atoms with E-state index in [1.807, 2.05) is 4.90 Å². The molecule has 88 valence electrons. The van der Waals surface area contributed by atoms with E-state index in [2.05, 4.69) is 10.5 Å². The molecule has 0 aromatic carbocycles. The molecule has 0 bridgehead atoms. The van der Waals surface area contributed by atoms with E-state index < -0.39 is 0 Å². The van der Waals surface area contributed by atoms with Crippen molar-refractivity contribution in [3.8, 4) is 0 Å². The molecule has 1 fully saturated rings. The number of aliphatic hydroxyl groups is 1. The van der Waals surface area contributed by atoms with Crippen LogP contribution in [0.1, 0.15) is 12.1 Å². The van der Waals surface area contributed by atoms with Crippen LogP contribution in [-0.2, 0) is 4.79 Å². The van der Waals surface area contributed by atoms with Crippen LogP contribution in [-0.4, -0.2) is 46.8 Å². The van der Waals surface area contributed by atoms with Crippen molar-refractivity contribution >= 4 is 11.8 Å². The van der Waals surface area contributed by atoms with Crippen LogP contribution >= 0.6 is 0 Å². The molecule has 0 aliphatic carbocycles. The van der Waals surface area contributed by atoms with Crippen LogP contribution in [0.15, 0.2) is 10.6 Å². The molecular formula is C10H15N3O3. The van der Waals surface area contributed by atoms with E-state index in [-0.39, 0.29) is 18.6 Å². The first-order chi connectivity index (χ1) is 7.63. The third-order valence-corrected chi connectivity index (χ3v) is 2.51. The third-order valence-electron chi connectivity index (χ3n) is 2.51. The van der Waals surface area contributed by atoms with Gasteiger partial charge < -0.3 is 9.63 Å². The summed E-state index contributed by atoms with van der Waals surface area (Å²) < 4.78 is 4.87. The lowest BCUT2D eigenvalue weighted by molar-refractivity contribution is -0.117. The molecule has 1 aliphatic rings. The van der Waals surface area contributed by atoms with Gasteiger partial charge in [0, 0.05) is 19.2 Å². The number of hydrogen-bond donors (Lipinski definition) is 2. The molecule has 16 heavy (non-hydrogen) atoms. The van der Waals surface area contributed by atoms with Crippen LogP contribution in [0.3, 0.4) is 0 Å². The summed E-state index contributed by atoms with van der Waals surface area (Å²) in [7, 11) is 0. The van der Waals surface area contributed by atoms with Crippen LogP contribution in [0.25, 0.3) is 0 Å². The Labute approximate surface area is 93.2 Å². The highest BCUT2D eigenvalue weighted by atomic mass is 16.5. The molecule has 0 spiro atoms. The van der Waals surface area contributed by atoms with Gasteiger partial charge in [-0.25, -0.2) is 0 Å². The molecule has 1 aliphatic heterocycles. The third kappa shape index (κ3) is 2.80. The van der Waals surface area contributed by atoms with Crippen molar-refractivity contribution in [1.82, 2.24) is 10.1 Å². The standard InChI is InChI=1S/C10H15N3O3/c1-7-4-10(16-12-7)11-9(15)6-13-3-2-8(14)5-13/h4,8,14H,2-3,5-6H2,1H3,(H,11,15)/t8-/m1/s1. The summed E-state index contributed by atoms with van der Waals surface area (Å²) in [4.78, 5) is 13.5.